The molecule has 0 radical (unpaired) electrons. The van der Waals surface area contributed by atoms with Crippen LogP contribution in [0.2, 0.25) is 0 Å². The van der Waals surface area contributed by atoms with Crippen molar-refractivity contribution in [3.05, 3.63) is 40.9 Å². The van der Waals surface area contributed by atoms with E-state index >= 15 is 0 Å². The summed E-state index contributed by atoms with van der Waals surface area (Å²) in [6, 6.07) is 7.94. The zero-order chi connectivity index (χ0) is 15.1. The molecule has 4 N–H and O–H groups in total. The number of benzene rings is 1. The number of amides is 1. The maximum atomic E-state index is 11.7. The molecule has 0 aliphatic heterocycles. The van der Waals surface area contributed by atoms with Crippen LogP contribution >= 0.6 is 11.3 Å². The van der Waals surface area contributed by atoms with Crippen molar-refractivity contribution in [1.29, 1.82) is 0 Å². The van der Waals surface area contributed by atoms with E-state index < -0.39 is 0 Å². The molecule has 0 unspecified atom stereocenters. The third-order valence-corrected chi connectivity index (χ3v) is 3.90. The van der Waals surface area contributed by atoms with E-state index in [-0.39, 0.29) is 18.9 Å². The number of carbonyl (C=O) groups is 1. The van der Waals surface area contributed by atoms with E-state index in [2.05, 4.69) is 10.3 Å². The second kappa shape index (κ2) is 7.87. The summed E-state index contributed by atoms with van der Waals surface area (Å²) in [7, 11) is 0. The second-order valence-electron chi connectivity index (χ2n) is 4.65. The molecular weight excluding hydrogens is 286 g/mol. The van der Waals surface area contributed by atoms with Gasteiger partial charge in [0.2, 0.25) is 5.91 Å². The van der Waals surface area contributed by atoms with Crippen LogP contribution in [0.3, 0.4) is 0 Å². The zero-order valence-corrected chi connectivity index (χ0v) is 12.5. The van der Waals surface area contributed by atoms with E-state index in [4.69, 9.17) is 10.8 Å². The lowest BCUT2D eigenvalue weighted by atomic mass is 10.1. The van der Waals surface area contributed by atoms with Crippen molar-refractivity contribution in [2.24, 2.45) is 5.73 Å². The van der Waals surface area contributed by atoms with Gasteiger partial charge in [-0.1, -0.05) is 18.2 Å². The van der Waals surface area contributed by atoms with E-state index in [1.807, 2.05) is 29.6 Å². The van der Waals surface area contributed by atoms with Crippen LogP contribution in [0.4, 0.5) is 0 Å². The third kappa shape index (κ3) is 4.63. The molecule has 1 heterocycles. The number of carbonyl (C=O) groups excluding carboxylic acids is 1. The van der Waals surface area contributed by atoms with Gasteiger partial charge in [-0.05, 0) is 18.1 Å². The normalized spacial score (nSPS) is 10.6. The molecule has 1 amide bonds. The Morgan fingerprint density at radius 2 is 2.29 bits per heavy atom. The summed E-state index contributed by atoms with van der Waals surface area (Å²) < 4.78 is 0. The van der Waals surface area contributed by atoms with Crippen molar-refractivity contribution in [1.82, 2.24) is 10.3 Å². The van der Waals surface area contributed by atoms with Gasteiger partial charge < -0.3 is 16.2 Å². The molecule has 5 nitrogen and oxygen atoms in total. The van der Waals surface area contributed by atoms with Crippen LogP contribution in [0.5, 0.6) is 0 Å². The first-order chi connectivity index (χ1) is 10.2. The van der Waals surface area contributed by atoms with Crippen molar-refractivity contribution in [2.45, 2.75) is 19.4 Å². The minimum Gasteiger partial charge on any atom is -0.396 e. The van der Waals surface area contributed by atoms with Crippen LogP contribution in [0.25, 0.3) is 10.6 Å². The first-order valence-corrected chi connectivity index (χ1v) is 7.72. The number of aliphatic hydroxyl groups excluding tert-OH is 1. The van der Waals surface area contributed by atoms with Gasteiger partial charge in [-0.2, -0.15) is 0 Å². The molecular formula is C15H19N3O2S. The fourth-order valence-corrected chi connectivity index (χ4v) is 2.70. The summed E-state index contributed by atoms with van der Waals surface area (Å²) in [5.41, 5.74) is 8.48. The molecule has 0 aliphatic carbocycles. The molecule has 0 saturated carbocycles. The van der Waals surface area contributed by atoms with Gasteiger partial charge in [0.25, 0.3) is 0 Å². The second-order valence-corrected chi connectivity index (χ2v) is 5.51. The topological polar surface area (TPSA) is 88.2 Å². The van der Waals surface area contributed by atoms with E-state index in [1.54, 1.807) is 0 Å². The number of hydrogen-bond donors (Lipinski definition) is 3. The van der Waals surface area contributed by atoms with Gasteiger partial charge in [0.05, 0.1) is 12.1 Å². The van der Waals surface area contributed by atoms with Crippen molar-refractivity contribution in [3.63, 3.8) is 0 Å². The number of nitrogens with two attached hydrogens (primary N) is 1. The van der Waals surface area contributed by atoms with Crippen molar-refractivity contribution in [3.8, 4) is 10.6 Å². The molecule has 2 rings (SSSR count). The number of rotatable bonds is 7. The Kier molecular flexibility index (Phi) is 5.86. The van der Waals surface area contributed by atoms with Gasteiger partial charge in [0, 0.05) is 30.6 Å². The Balaban J connectivity index is 1.99. The Morgan fingerprint density at radius 3 is 3.05 bits per heavy atom. The number of nitrogens with one attached hydrogen (secondary N) is 1. The van der Waals surface area contributed by atoms with Crippen LogP contribution in [0.1, 0.15) is 17.7 Å². The first kappa shape index (κ1) is 15.6. The number of thiazole rings is 1. The number of aromatic nitrogens is 1. The summed E-state index contributed by atoms with van der Waals surface area (Å²) in [6.45, 7) is 1.07. The molecule has 112 valence electrons. The summed E-state index contributed by atoms with van der Waals surface area (Å²) in [4.78, 5) is 16.2. The highest BCUT2D eigenvalue weighted by atomic mass is 32.1. The highest BCUT2D eigenvalue weighted by molar-refractivity contribution is 7.13. The minimum atomic E-state index is -0.0731. The van der Waals surface area contributed by atoms with Crippen LogP contribution in [-0.4, -0.2) is 29.1 Å². The largest absolute Gasteiger partial charge is 0.396 e. The molecule has 0 aliphatic rings. The summed E-state index contributed by atoms with van der Waals surface area (Å²) in [6.07, 6.45) is 0.832. The first-order valence-electron chi connectivity index (χ1n) is 6.84. The lowest BCUT2D eigenvalue weighted by Crippen LogP contribution is -2.26. The fraction of sp³-hybridized carbons (Fsp3) is 0.333. The van der Waals surface area contributed by atoms with E-state index in [0.717, 1.165) is 21.8 Å². The van der Waals surface area contributed by atoms with Crippen molar-refractivity contribution >= 4 is 17.2 Å². The number of nitrogens with zero attached hydrogens (tertiary/aromatic N) is 1. The average molecular weight is 305 g/mol. The highest BCUT2D eigenvalue weighted by Gasteiger charge is 2.09. The van der Waals surface area contributed by atoms with Crippen LogP contribution in [0.15, 0.2) is 29.6 Å². The average Bonchev–Trinajstić information content (AvgIpc) is 2.96. The monoisotopic (exact) mass is 305 g/mol. The molecule has 0 atom stereocenters. The van der Waals surface area contributed by atoms with Crippen molar-refractivity contribution in [2.75, 3.05) is 13.2 Å². The summed E-state index contributed by atoms with van der Waals surface area (Å²) in [5.74, 6) is -0.0731. The minimum absolute atomic E-state index is 0.0731. The molecule has 6 heteroatoms. The van der Waals surface area contributed by atoms with Gasteiger partial charge in [-0.15, -0.1) is 11.3 Å². The highest BCUT2D eigenvalue weighted by Crippen LogP contribution is 2.24. The van der Waals surface area contributed by atoms with E-state index in [1.165, 1.54) is 11.3 Å². The lowest BCUT2D eigenvalue weighted by molar-refractivity contribution is -0.120. The van der Waals surface area contributed by atoms with Crippen molar-refractivity contribution < 1.29 is 9.90 Å². The zero-order valence-electron chi connectivity index (χ0n) is 11.7. The molecule has 21 heavy (non-hydrogen) atoms. The van der Waals surface area contributed by atoms with E-state index in [0.29, 0.717) is 19.5 Å². The van der Waals surface area contributed by atoms with Gasteiger partial charge in [-0.25, -0.2) is 4.98 Å². The fourth-order valence-electron chi connectivity index (χ4n) is 1.89. The van der Waals surface area contributed by atoms with E-state index in [9.17, 15) is 4.79 Å². The Bertz CT molecular complexity index is 598. The van der Waals surface area contributed by atoms with Gasteiger partial charge in [0.1, 0.15) is 5.01 Å². The summed E-state index contributed by atoms with van der Waals surface area (Å²) in [5, 5.41) is 14.2. The summed E-state index contributed by atoms with van der Waals surface area (Å²) >= 11 is 1.52. The maximum absolute atomic E-state index is 11.7. The molecule has 0 fully saturated rings. The molecule has 0 saturated heterocycles. The quantitative estimate of drug-likeness (QED) is 0.673. The molecule has 0 spiro atoms. The smallest absolute Gasteiger partial charge is 0.226 e. The SMILES string of the molecule is NCc1cccc(-c2nc(CC(=O)NCCCO)cs2)c1. The maximum Gasteiger partial charge on any atom is 0.226 e. The molecule has 2 aromatic rings. The van der Waals surface area contributed by atoms with Gasteiger partial charge >= 0.3 is 0 Å². The molecule has 1 aromatic heterocycles. The van der Waals surface area contributed by atoms with Gasteiger partial charge in [-0.3, -0.25) is 4.79 Å². The third-order valence-electron chi connectivity index (χ3n) is 2.96. The Morgan fingerprint density at radius 1 is 1.43 bits per heavy atom. The number of aliphatic hydroxyl groups is 1. The standard InChI is InChI=1S/C15H19N3O2S/c16-9-11-3-1-4-12(7-11)15-18-13(10-21-15)8-14(20)17-5-2-6-19/h1,3-4,7,10,19H,2,5-6,8-9,16H2,(H,17,20). The van der Waals surface area contributed by atoms with Crippen LogP contribution in [0, 0.1) is 0 Å². The lowest BCUT2D eigenvalue weighted by Gasteiger charge is -2.02. The van der Waals surface area contributed by atoms with Gasteiger partial charge in [0.15, 0.2) is 0 Å². The predicted molar refractivity (Wildman–Crippen MR) is 83.9 cm³/mol. The molecule has 1 aromatic carbocycles. The van der Waals surface area contributed by atoms with Crippen LogP contribution in [-0.2, 0) is 17.8 Å². The Labute approximate surface area is 127 Å². The number of hydrogen-bond acceptors (Lipinski definition) is 5. The Hall–Kier alpha value is -1.76. The predicted octanol–water partition coefficient (Wildman–Crippen LogP) is 1.31. The van der Waals surface area contributed by atoms with Crippen LogP contribution < -0.4 is 11.1 Å². The molecule has 0 bridgehead atoms.